The van der Waals surface area contributed by atoms with Crippen LogP contribution in [-0.2, 0) is 0 Å². The van der Waals surface area contributed by atoms with E-state index in [0.717, 1.165) is 29.0 Å². The van der Waals surface area contributed by atoms with Gasteiger partial charge in [0.25, 0.3) is 0 Å². The number of rotatable bonds is 7. The standard InChI is InChI=1S/C12H16BrClOS/c13-10-5-6-11(14)12(9-10)15-7-3-1-2-4-8-16/h5-6,9,16H,1-4,7-8H2. The highest BCUT2D eigenvalue weighted by Gasteiger charge is 2.01. The Balaban J connectivity index is 2.23. The lowest BCUT2D eigenvalue weighted by Crippen LogP contribution is -1.98. The summed E-state index contributed by atoms with van der Waals surface area (Å²) >= 11 is 13.6. The second kappa shape index (κ2) is 8.26. The van der Waals surface area contributed by atoms with Crippen molar-refractivity contribution in [3.05, 3.63) is 27.7 Å². The summed E-state index contributed by atoms with van der Waals surface area (Å²) < 4.78 is 6.60. The zero-order valence-electron chi connectivity index (χ0n) is 9.09. The normalized spacial score (nSPS) is 10.4. The Morgan fingerprint density at radius 1 is 1.19 bits per heavy atom. The van der Waals surface area contributed by atoms with Crippen molar-refractivity contribution in [3.63, 3.8) is 0 Å². The van der Waals surface area contributed by atoms with Crippen LogP contribution in [0.3, 0.4) is 0 Å². The number of hydrogen-bond acceptors (Lipinski definition) is 2. The van der Waals surface area contributed by atoms with E-state index in [2.05, 4.69) is 28.6 Å². The van der Waals surface area contributed by atoms with Crippen LogP contribution >= 0.6 is 40.2 Å². The summed E-state index contributed by atoms with van der Waals surface area (Å²) in [5.41, 5.74) is 0. The minimum absolute atomic E-state index is 0.665. The molecule has 0 aromatic heterocycles. The summed E-state index contributed by atoms with van der Waals surface area (Å²) in [5.74, 6) is 1.73. The van der Waals surface area contributed by atoms with Crippen molar-refractivity contribution < 1.29 is 4.74 Å². The summed E-state index contributed by atoms with van der Waals surface area (Å²) in [6.07, 6.45) is 4.66. The minimum atomic E-state index is 0.665. The first-order valence-corrected chi connectivity index (χ1v) is 7.23. The number of benzene rings is 1. The molecule has 0 saturated heterocycles. The van der Waals surface area contributed by atoms with Gasteiger partial charge in [0.2, 0.25) is 0 Å². The molecule has 0 aliphatic rings. The van der Waals surface area contributed by atoms with Crippen LogP contribution in [0.2, 0.25) is 5.02 Å². The SMILES string of the molecule is SCCCCCCOc1cc(Br)ccc1Cl. The number of ether oxygens (including phenoxy) is 1. The maximum Gasteiger partial charge on any atom is 0.139 e. The summed E-state index contributed by atoms with van der Waals surface area (Å²) in [4.78, 5) is 0. The smallest absolute Gasteiger partial charge is 0.139 e. The molecule has 0 heterocycles. The third-order valence-electron chi connectivity index (χ3n) is 2.20. The average Bonchev–Trinajstić information content (AvgIpc) is 2.28. The van der Waals surface area contributed by atoms with Gasteiger partial charge in [0.05, 0.1) is 11.6 Å². The van der Waals surface area contributed by atoms with Crippen molar-refractivity contribution >= 4 is 40.2 Å². The van der Waals surface area contributed by atoms with Gasteiger partial charge in [-0.1, -0.05) is 40.4 Å². The van der Waals surface area contributed by atoms with E-state index in [1.807, 2.05) is 18.2 Å². The fourth-order valence-corrected chi connectivity index (χ4v) is 2.07. The lowest BCUT2D eigenvalue weighted by atomic mass is 10.2. The summed E-state index contributed by atoms with van der Waals surface area (Å²) in [6.45, 7) is 0.725. The Kier molecular flexibility index (Phi) is 7.33. The van der Waals surface area contributed by atoms with Gasteiger partial charge in [-0.3, -0.25) is 0 Å². The zero-order chi connectivity index (χ0) is 11.8. The van der Waals surface area contributed by atoms with Gasteiger partial charge in [-0.2, -0.15) is 12.6 Å². The van der Waals surface area contributed by atoms with Crippen LogP contribution in [0.5, 0.6) is 5.75 Å². The number of hydrogen-bond donors (Lipinski definition) is 1. The molecule has 0 aliphatic heterocycles. The van der Waals surface area contributed by atoms with E-state index in [1.165, 1.54) is 19.3 Å². The van der Waals surface area contributed by atoms with Crippen LogP contribution in [0.25, 0.3) is 0 Å². The van der Waals surface area contributed by atoms with Gasteiger partial charge in [-0.15, -0.1) is 0 Å². The van der Waals surface area contributed by atoms with Gasteiger partial charge >= 0.3 is 0 Å². The van der Waals surface area contributed by atoms with E-state index < -0.39 is 0 Å². The molecule has 1 aromatic rings. The monoisotopic (exact) mass is 322 g/mol. The van der Waals surface area contributed by atoms with E-state index in [1.54, 1.807) is 0 Å². The number of halogens is 2. The Labute approximate surface area is 116 Å². The van der Waals surface area contributed by atoms with Crippen LogP contribution in [0, 0.1) is 0 Å². The molecule has 90 valence electrons. The molecule has 1 aromatic carbocycles. The Bertz CT molecular complexity index is 320. The van der Waals surface area contributed by atoms with E-state index in [9.17, 15) is 0 Å². The first-order chi connectivity index (χ1) is 7.74. The Morgan fingerprint density at radius 3 is 2.69 bits per heavy atom. The van der Waals surface area contributed by atoms with Crippen molar-refractivity contribution in [1.82, 2.24) is 0 Å². The van der Waals surface area contributed by atoms with Crippen LogP contribution in [0.1, 0.15) is 25.7 Å². The maximum atomic E-state index is 6.00. The lowest BCUT2D eigenvalue weighted by molar-refractivity contribution is 0.305. The highest BCUT2D eigenvalue weighted by Crippen LogP contribution is 2.28. The molecule has 0 spiro atoms. The van der Waals surface area contributed by atoms with Gasteiger partial charge in [-0.25, -0.2) is 0 Å². The molecule has 1 rings (SSSR count). The first kappa shape index (κ1) is 14.2. The molecule has 0 amide bonds. The molecule has 0 bridgehead atoms. The van der Waals surface area contributed by atoms with Crippen LogP contribution in [0.15, 0.2) is 22.7 Å². The quantitative estimate of drug-likeness (QED) is 0.550. The molecule has 4 heteroatoms. The zero-order valence-corrected chi connectivity index (χ0v) is 12.3. The molecule has 0 fully saturated rings. The van der Waals surface area contributed by atoms with Crippen LogP contribution in [0.4, 0.5) is 0 Å². The fraction of sp³-hybridized carbons (Fsp3) is 0.500. The van der Waals surface area contributed by atoms with E-state index in [0.29, 0.717) is 5.02 Å². The predicted octanol–water partition coefficient (Wildman–Crippen LogP) is 4.97. The third-order valence-corrected chi connectivity index (χ3v) is 3.32. The molecule has 1 nitrogen and oxygen atoms in total. The molecule has 0 unspecified atom stereocenters. The molecule has 0 saturated carbocycles. The largest absolute Gasteiger partial charge is 0.492 e. The minimum Gasteiger partial charge on any atom is -0.492 e. The summed E-state index contributed by atoms with van der Waals surface area (Å²) in [7, 11) is 0. The van der Waals surface area contributed by atoms with Gasteiger partial charge in [-0.05, 0) is 36.8 Å². The molecule has 0 N–H and O–H groups in total. The van der Waals surface area contributed by atoms with Crippen LogP contribution in [-0.4, -0.2) is 12.4 Å². The molecule has 16 heavy (non-hydrogen) atoms. The number of unbranched alkanes of at least 4 members (excludes halogenated alkanes) is 3. The molecular weight excluding hydrogens is 308 g/mol. The molecule has 0 radical (unpaired) electrons. The van der Waals surface area contributed by atoms with Crippen molar-refractivity contribution in [1.29, 1.82) is 0 Å². The Hall–Kier alpha value is 0.140. The predicted molar refractivity (Wildman–Crippen MR) is 77.0 cm³/mol. The number of thiol groups is 1. The van der Waals surface area contributed by atoms with Crippen molar-refractivity contribution in [2.45, 2.75) is 25.7 Å². The highest BCUT2D eigenvalue weighted by atomic mass is 79.9. The highest BCUT2D eigenvalue weighted by molar-refractivity contribution is 9.10. The topological polar surface area (TPSA) is 9.23 Å². The van der Waals surface area contributed by atoms with E-state index >= 15 is 0 Å². The van der Waals surface area contributed by atoms with E-state index in [4.69, 9.17) is 16.3 Å². The second-order valence-corrected chi connectivity index (χ2v) is 5.33. The maximum absolute atomic E-state index is 6.00. The van der Waals surface area contributed by atoms with Gasteiger partial charge in [0.15, 0.2) is 0 Å². The Morgan fingerprint density at radius 2 is 1.94 bits per heavy atom. The molecule has 0 aliphatic carbocycles. The molecule has 0 atom stereocenters. The van der Waals surface area contributed by atoms with Crippen molar-refractivity contribution in [2.24, 2.45) is 0 Å². The van der Waals surface area contributed by atoms with Gasteiger partial charge in [0.1, 0.15) is 5.75 Å². The lowest BCUT2D eigenvalue weighted by Gasteiger charge is -2.08. The van der Waals surface area contributed by atoms with Gasteiger partial charge in [0, 0.05) is 4.47 Å². The third kappa shape index (κ3) is 5.46. The first-order valence-electron chi connectivity index (χ1n) is 5.43. The van der Waals surface area contributed by atoms with Gasteiger partial charge < -0.3 is 4.74 Å². The second-order valence-electron chi connectivity index (χ2n) is 3.56. The summed E-state index contributed by atoms with van der Waals surface area (Å²) in [6, 6.07) is 5.64. The van der Waals surface area contributed by atoms with E-state index in [-0.39, 0.29) is 0 Å². The van der Waals surface area contributed by atoms with Crippen molar-refractivity contribution in [3.8, 4) is 5.75 Å². The summed E-state index contributed by atoms with van der Waals surface area (Å²) in [5, 5.41) is 0.665. The molecular formula is C12H16BrClOS. The van der Waals surface area contributed by atoms with Crippen molar-refractivity contribution in [2.75, 3.05) is 12.4 Å². The average molecular weight is 324 g/mol. The fourth-order valence-electron chi connectivity index (χ4n) is 1.34. The van der Waals surface area contributed by atoms with Crippen LogP contribution < -0.4 is 4.74 Å².